The third-order valence-electron chi connectivity index (χ3n) is 5.13. The van der Waals surface area contributed by atoms with E-state index in [-0.39, 0.29) is 6.04 Å². The number of piperidine rings is 1. The molecule has 122 valence electrons. The van der Waals surface area contributed by atoms with Crippen LogP contribution in [0.4, 0.5) is 0 Å². The van der Waals surface area contributed by atoms with Gasteiger partial charge in [0.1, 0.15) is 0 Å². The second-order valence-electron chi connectivity index (χ2n) is 6.42. The van der Waals surface area contributed by atoms with Crippen LogP contribution < -0.4 is 14.8 Å². The summed E-state index contributed by atoms with van der Waals surface area (Å²) in [6.07, 6.45) is 13.7. The van der Waals surface area contributed by atoms with Crippen LogP contribution in [0.25, 0.3) is 0 Å². The van der Waals surface area contributed by atoms with Crippen molar-refractivity contribution in [2.45, 2.75) is 12.1 Å². The molecule has 4 aliphatic rings. The zero-order valence-corrected chi connectivity index (χ0v) is 16.5. The summed E-state index contributed by atoms with van der Waals surface area (Å²) in [4.78, 5) is 0. The molecule has 1 N–H and O–H groups in total. The van der Waals surface area contributed by atoms with Crippen molar-refractivity contribution in [2.75, 3.05) is 6.79 Å². The lowest BCUT2D eigenvalue weighted by Gasteiger charge is -2.42. The standard InChI is InChI=1S/C19H15BrINO2/c20-15-8-18-17(23-9-24-18)7-14(15)19-12-3-1-2-11(12)13-6-10(21)4-5-16(13)22-19/h1-8,11,13,16,19,22H,9H2. The highest BCUT2D eigenvalue weighted by atomic mass is 127. The van der Waals surface area contributed by atoms with Crippen LogP contribution in [-0.4, -0.2) is 12.8 Å². The lowest BCUT2D eigenvalue weighted by Crippen LogP contribution is -2.47. The minimum Gasteiger partial charge on any atom is -0.454 e. The molecule has 1 aromatic carbocycles. The fourth-order valence-corrected chi connectivity index (χ4v) is 5.19. The summed E-state index contributed by atoms with van der Waals surface area (Å²) in [5, 5.41) is 3.83. The Bertz CT molecular complexity index is 842. The molecule has 0 spiro atoms. The Morgan fingerprint density at radius 3 is 2.88 bits per heavy atom. The summed E-state index contributed by atoms with van der Waals surface area (Å²) in [7, 11) is 0. The zero-order valence-electron chi connectivity index (χ0n) is 12.7. The molecule has 1 fully saturated rings. The highest BCUT2D eigenvalue weighted by molar-refractivity contribution is 14.1. The highest BCUT2D eigenvalue weighted by Gasteiger charge is 2.41. The van der Waals surface area contributed by atoms with Crippen molar-refractivity contribution in [1.29, 1.82) is 0 Å². The number of fused-ring (bicyclic) bond motifs is 4. The highest BCUT2D eigenvalue weighted by Crippen LogP contribution is 2.48. The van der Waals surface area contributed by atoms with Gasteiger partial charge in [0.15, 0.2) is 11.5 Å². The van der Waals surface area contributed by atoms with Crippen LogP contribution >= 0.6 is 38.5 Å². The summed E-state index contributed by atoms with van der Waals surface area (Å²) < 4.78 is 13.4. The number of hydrogen-bond donors (Lipinski definition) is 1. The zero-order chi connectivity index (χ0) is 16.3. The van der Waals surface area contributed by atoms with Gasteiger partial charge in [-0.3, -0.25) is 5.32 Å². The Morgan fingerprint density at radius 1 is 1.17 bits per heavy atom. The molecule has 5 heteroatoms. The number of allylic oxidation sites excluding steroid dienone is 5. The van der Waals surface area contributed by atoms with Gasteiger partial charge in [-0.25, -0.2) is 0 Å². The first-order valence-corrected chi connectivity index (χ1v) is 9.87. The molecular formula is C19H15BrINO2. The van der Waals surface area contributed by atoms with E-state index < -0.39 is 0 Å². The third-order valence-corrected chi connectivity index (χ3v) is 6.54. The second-order valence-corrected chi connectivity index (χ2v) is 8.52. The topological polar surface area (TPSA) is 30.5 Å². The minimum atomic E-state index is 0.170. The van der Waals surface area contributed by atoms with Gasteiger partial charge in [0.2, 0.25) is 6.79 Å². The van der Waals surface area contributed by atoms with E-state index in [1.54, 1.807) is 0 Å². The van der Waals surface area contributed by atoms with Gasteiger partial charge in [-0.1, -0.05) is 52.4 Å². The quantitative estimate of drug-likeness (QED) is 0.567. The predicted octanol–water partition coefficient (Wildman–Crippen LogP) is 4.81. The summed E-state index contributed by atoms with van der Waals surface area (Å²) in [5.41, 5.74) is 2.63. The smallest absolute Gasteiger partial charge is 0.231 e. The molecule has 4 unspecified atom stereocenters. The average Bonchev–Trinajstić information content (AvgIpc) is 3.22. The maximum absolute atomic E-state index is 5.59. The summed E-state index contributed by atoms with van der Waals surface area (Å²) in [6, 6.07) is 4.63. The van der Waals surface area contributed by atoms with Gasteiger partial charge in [0, 0.05) is 25.9 Å². The summed E-state index contributed by atoms with van der Waals surface area (Å²) in [6.45, 7) is 0.298. The third kappa shape index (κ3) is 2.32. The number of rotatable bonds is 1. The van der Waals surface area contributed by atoms with Crippen molar-refractivity contribution in [3.8, 4) is 11.5 Å². The lowest BCUT2D eigenvalue weighted by molar-refractivity contribution is 0.174. The van der Waals surface area contributed by atoms with Crippen molar-refractivity contribution in [3.05, 3.63) is 67.8 Å². The number of hydrogen-bond acceptors (Lipinski definition) is 3. The van der Waals surface area contributed by atoms with Crippen LogP contribution in [0.2, 0.25) is 0 Å². The fourth-order valence-electron chi connectivity index (χ4n) is 4.02. The molecule has 0 saturated carbocycles. The first-order valence-electron chi connectivity index (χ1n) is 7.99. The molecule has 0 radical (unpaired) electrons. The van der Waals surface area contributed by atoms with Gasteiger partial charge >= 0.3 is 0 Å². The van der Waals surface area contributed by atoms with Gasteiger partial charge < -0.3 is 9.47 Å². The summed E-state index contributed by atoms with van der Waals surface area (Å²) in [5.74, 6) is 2.57. The Labute approximate surface area is 162 Å². The fraction of sp³-hybridized carbons (Fsp3) is 0.263. The molecule has 0 amide bonds. The van der Waals surface area contributed by atoms with Gasteiger partial charge in [0.25, 0.3) is 0 Å². The van der Waals surface area contributed by atoms with Crippen LogP contribution in [0.1, 0.15) is 11.6 Å². The first kappa shape index (κ1) is 15.2. The Balaban J connectivity index is 1.57. The Hall–Kier alpha value is -1.05. The molecule has 2 heterocycles. The Morgan fingerprint density at radius 2 is 2.00 bits per heavy atom. The normalized spacial score (nSPS) is 32.2. The van der Waals surface area contributed by atoms with E-state index in [2.05, 4.69) is 86.4 Å². The molecular weight excluding hydrogens is 481 g/mol. The maximum atomic E-state index is 5.59. The van der Waals surface area contributed by atoms with Gasteiger partial charge in [0.05, 0.1) is 6.04 Å². The molecule has 24 heavy (non-hydrogen) atoms. The molecule has 3 nitrogen and oxygen atoms in total. The number of benzene rings is 1. The minimum absolute atomic E-state index is 0.170. The lowest BCUT2D eigenvalue weighted by atomic mass is 9.73. The molecule has 2 aliphatic carbocycles. The first-order chi connectivity index (χ1) is 11.7. The van der Waals surface area contributed by atoms with E-state index in [1.807, 2.05) is 6.07 Å². The number of halogens is 2. The monoisotopic (exact) mass is 495 g/mol. The molecule has 0 bridgehead atoms. The maximum Gasteiger partial charge on any atom is 0.231 e. The Kier molecular flexibility index (Phi) is 3.64. The largest absolute Gasteiger partial charge is 0.454 e. The van der Waals surface area contributed by atoms with E-state index in [0.717, 1.165) is 16.0 Å². The molecule has 1 saturated heterocycles. The molecule has 5 rings (SSSR count). The SMILES string of the molecule is Brc1cc2c(cc1C1NC3C=CC(I)=CC3C3C=CC=C13)OCO2. The van der Waals surface area contributed by atoms with Crippen LogP contribution in [0.15, 0.2) is 62.2 Å². The van der Waals surface area contributed by atoms with Crippen molar-refractivity contribution < 1.29 is 9.47 Å². The van der Waals surface area contributed by atoms with Crippen molar-refractivity contribution in [1.82, 2.24) is 5.32 Å². The van der Waals surface area contributed by atoms with Crippen LogP contribution in [0.3, 0.4) is 0 Å². The molecule has 0 aromatic heterocycles. The number of nitrogens with one attached hydrogen (secondary N) is 1. The molecule has 4 atom stereocenters. The van der Waals surface area contributed by atoms with E-state index in [1.165, 1.54) is 14.7 Å². The summed E-state index contributed by atoms with van der Waals surface area (Å²) >= 11 is 6.13. The van der Waals surface area contributed by atoms with Crippen molar-refractivity contribution in [3.63, 3.8) is 0 Å². The van der Waals surface area contributed by atoms with Gasteiger partial charge in [-0.05, 0) is 45.9 Å². The van der Waals surface area contributed by atoms with Crippen LogP contribution in [0.5, 0.6) is 11.5 Å². The predicted molar refractivity (Wildman–Crippen MR) is 105 cm³/mol. The average molecular weight is 496 g/mol. The second kappa shape index (κ2) is 5.75. The van der Waals surface area contributed by atoms with Gasteiger partial charge in [-0.15, -0.1) is 0 Å². The number of ether oxygens (including phenoxy) is 2. The van der Waals surface area contributed by atoms with Crippen molar-refractivity contribution >= 4 is 38.5 Å². The van der Waals surface area contributed by atoms with E-state index in [4.69, 9.17) is 9.47 Å². The van der Waals surface area contributed by atoms with E-state index >= 15 is 0 Å². The van der Waals surface area contributed by atoms with Crippen LogP contribution in [0, 0.1) is 11.8 Å². The van der Waals surface area contributed by atoms with Crippen molar-refractivity contribution in [2.24, 2.45) is 11.8 Å². The van der Waals surface area contributed by atoms with E-state index in [0.29, 0.717) is 24.7 Å². The van der Waals surface area contributed by atoms with E-state index in [9.17, 15) is 0 Å². The molecule has 2 aliphatic heterocycles. The van der Waals surface area contributed by atoms with Crippen LogP contribution in [-0.2, 0) is 0 Å². The molecule has 1 aromatic rings. The van der Waals surface area contributed by atoms with Gasteiger partial charge in [-0.2, -0.15) is 0 Å².